The summed E-state index contributed by atoms with van der Waals surface area (Å²) in [6, 6.07) is -1.44. The van der Waals surface area contributed by atoms with Crippen molar-refractivity contribution < 1.29 is 23.1 Å². The molecule has 21 heavy (non-hydrogen) atoms. The molecule has 116 valence electrons. The molecule has 1 atom stereocenters. The van der Waals surface area contributed by atoms with Crippen molar-refractivity contribution in [2.75, 3.05) is 23.4 Å². The topological polar surface area (TPSA) is 130 Å². The number of aliphatic carboxylic acids is 1. The van der Waals surface area contributed by atoms with Crippen LogP contribution >= 0.6 is 11.3 Å². The van der Waals surface area contributed by atoms with Gasteiger partial charge in [0.15, 0.2) is 9.84 Å². The maximum absolute atomic E-state index is 12.1. The number of carboxylic acid groups (broad SMARTS) is 1. The van der Waals surface area contributed by atoms with Crippen LogP contribution in [-0.2, 0) is 14.6 Å². The molecule has 0 spiro atoms. The van der Waals surface area contributed by atoms with Gasteiger partial charge in [-0.3, -0.25) is 10.1 Å². The van der Waals surface area contributed by atoms with Crippen molar-refractivity contribution in [1.82, 2.24) is 15.1 Å². The zero-order valence-electron chi connectivity index (χ0n) is 11.1. The molecule has 0 bridgehead atoms. The van der Waals surface area contributed by atoms with Gasteiger partial charge in [0.2, 0.25) is 5.13 Å². The van der Waals surface area contributed by atoms with Crippen LogP contribution in [-0.4, -0.2) is 64.7 Å². The number of rotatable bonds is 3. The molecule has 2 rings (SSSR count). The Morgan fingerprint density at radius 2 is 2.19 bits per heavy atom. The second-order valence-electron chi connectivity index (χ2n) is 4.62. The van der Waals surface area contributed by atoms with E-state index in [1.807, 2.05) is 0 Å². The zero-order chi connectivity index (χ0) is 15.6. The van der Waals surface area contributed by atoms with Gasteiger partial charge in [0.05, 0.1) is 24.0 Å². The minimum atomic E-state index is -3.32. The molecule has 1 aliphatic rings. The first-order valence-electron chi connectivity index (χ1n) is 6.07. The lowest BCUT2D eigenvalue weighted by atomic mass is 10.2. The SMILES string of the molecule is Cc1nnc(NC(=O)N2CCS(=O)(=O)CC2CC(=O)O)s1. The van der Waals surface area contributed by atoms with Crippen LogP contribution in [0.4, 0.5) is 9.93 Å². The van der Waals surface area contributed by atoms with Gasteiger partial charge < -0.3 is 10.0 Å². The first-order chi connectivity index (χ1) is 9.77. The van der Waals surface area contributed by atoms with Gasteiger partial charge in [0.1, 0.15) is 5.01 Å². The summed E-state index contributed by atoms with van der Waals surface area (Å²) >= 11 is 1.18. The van der Waals surface area contributed by atoms with Gasteiger partial charge in [0.25, 0.3) is 0 Å². The highest BCUT2D eigenvalue weighted by molar-refractivity contribution is 7.91. The number of hydrogen-bond donors (Lipinski definition) is 2. The van der Waals surface area contributed by atoms with Crippen molar-refractivity contribution in [3.05, 3.63) is 5.01 Å². The van der Waals surface area contributed by atoms with Crippen molar-refractivity contribution in [3.8, 4) is 0 Å². The summed E-state index contributed by atoms with van der Waals surface area (Å²) in [6.07, 6.45) is -0.415. The first-order valence-corrected chi connectivity index (χ1v) is 8.70. The van der Waals surface area contributed by atoms with Gasteiger partial charge in [-0.2, -0.15) is 0 Å². The number of nitrogens with one attached hydrogen (secondary N) is 1. The number of hydrogen-bond acceptors (Lipinski definition) is 7. The van der Waals surface area contributed by atoms with Crippen LogP contribution in [0.3, 0.4) is 0 Å². The molecular weight excluding hydrogens is 320 g/mol. The average Bonchev–Trinajstić information content (AvgIpc) is 2.72. The summed E-state index contributed by atoms with van der Waals surface area (Å²) < 4.78 is 23.2. The maximum atomic E-state index is 12.1. The van der Waals surface area contributed by atoms with E-state index in [4.69, 9.17) is 5.11 Å². The van der Waals surface area contributed by atoms with Crippen LogP contribution in [0.2, 0.25) is 0 Å². The first kappa shape index (κ1) is 15.6. The third kappa shape index (κ3) is 4.11. The molecule has 0 saturated carbocycles. The van der Waals surface area contributed by atoms with Crippen molar-refractivity contribution >= 4 is 38.3 Å². The zero-order valence-corrected chi connectivity index (χ0v) is 12.8. The molecule has 1 aromatic rings. The Bertz CT molecular complexity index is 656. The molecule has 0 aromatic carbocycles. The third-order valence-corrected chi connectivity index (χ3v) is 5.39. The number of anilines is 1. The minimum Gasteiger partial charge on any atom is -0.481 e. The van der Waals surface area contributed by atoms with E-state index in [1.165, 1.54) is 16.2 Å². The van der Waals surface area contributed by atoms with Crippen LogP contribution in [0.5, 0.6) is 0 Å². The normalized spacial score (nSPS) is 21.0. The number of carbonyl (C=O) groups excluding carboxylic acids is 1. The van der Waals surface area contributed by atoms with E-state index in [-0.39, 0.29) is 18.1 Å². The Balaban J connectivity index is 2.11. The number of sulfone groups is 1. The summed E-state index contributed by atoms with van der Waals surface area (Å²) in [6.45, 7) is 1.69. The van der Waals surface area contributed by atoms with E-state index in [0.29, 0.717) is 10.1 Å². The molecule has 1 unspecified atom stereocenters. The van der Waals surface area contributed by atoms with Gasteiger partial charge >= 0.3 is 12.0 Å². The molecular formula is C10H14N4O5S2. The second-order valence-corrected chi connectivity index (χ2v) is 8.03. The van der Waals surface area contributed by atoms with Gasteiger partial charge in [-0.25, -0.2) is 13.2 Å². The smallest absolute Gasteiger partial charge is 0.324 e. The monoisotopic (exact) mass is 334 g/mol. The summed E-state index contributed by atoms with van der Waals surface area (Å²) in [4.78, 5) is 24.2. The molecule has 9 nitrogen and oxygen atoms in total. The standard InChI is InChI=1S/C10H14N4O5S2/c1-6-12-13-9(20-6)11-10(17)14-2-3-21(18,19)5-7(14)4-8(15)16/h7H,2-5H2,1H3,(H,15,16)(H,11,13,17). The number of urea groups is 1. The number of carboxylic acids is 1. The number of amides is 2. The van der Waals surface area contributed by atoms with Crippen molar-refractivity contribution in [1.29, 1.82) is 0 Å². The molecule has 0 aliphatic carbocycles. The van der Waals surface area contributed by atoms with E-state index in [1.54, 1.807) is 6.92 Å². The summed E-state index contributed by atoms with van der Waals surface area (Å²) in [5.74, 6) is -1.67. The lowest BCUT2D eigenvalue weighted by molar-refractivity contribution is -0.137. The Morgan fingerprint density at radius 1 is 1.48 bits per heavy atom. The molecule has 2 amide bonds. The number of aromatic nitrogens is 2. The van der Waals surface area contributed by atoms with Crippen molar-refractivity contribution in [2.24, 2.45) is 0 Å². The number of aryl methyl sites for hydroxylation is 1. The Labute approximate surface area is 124 Å². The van der Waals surface area contributed by atoms with E-state index >= 15 is 0 Å². The summed E-state index contributed by atoms with van der Waals surface area (Å²) in [7, 11) is -3.32. The fourth-order valence-corrected chi connectivity index (χ4v) is 4.14. The van der Waals surface area contributed by atoms with E-state index in [0.717, 1.165) is 0 Å². The van der Waals surface area contributed by atoms with Crippen molar-refractivity contribution in [2.45, 2.75) is 19.4 Å². The van der Waals surface area contributed by atoms with E-state index in [9.17, 15) is 18.0 Å². The lowest BCUT2D eigenvalue weighted by Crippen LogP contribution is -2.53. The predicted octanol–water partition coefficient (Wildman–Crippen LogP) is -0.0479. The molecule has 1 aliphatic heterocycles. The predicted molar refractivity (Wildman–Crippen MR) is 75.1 cm³/mol. The van der Waals surface area contributed by atoms with Crippen LogP contribution in [0.1, 0.15) is 11.4 Å². The molecule has 1 fully saturated rings. The molecule has 2 heterocycles. The summed E-state index contributed by atoms with van der Waals surface area (Å²) in [5.41, 5.74) is 0. The van der Waals surface area contributed by atoms with E-state index in [2.05, 4.69) is 15.5 Å². The highest BCUT2D eigenvalue weighted by Gasteiger charge is 2.35. The highest BCUT2D eigenvalue weighted by Crippen LogP contribution is 2.19. The van der Waals surface area contributed by atoms with Crippen LogP contribution < -0.4 is 5.32 Å². The average molecular weight is 334 g/mol. The van der Waals surface area contributed by atoms with Gasteiger partial charge in [0, 0.05) is 6.54 Å². The molecule has 0 radical (unpaired) electrons. The Hall–Kier alpha value is -1.75. The molecule has 11 heteroatoms. The summed E-state index contributed by atoms with van der Waals surface area (Å²) in [5, 5.41) is 19.8. The van der Waals surface area contributed by atoms with Crippen molar-refractivity contribution in [3.63, 3.8) is 0 Å². The Kier molecular flexibility index (Phi) is 4.42. The maximum Gasteiger partial charge on any atom is 0.324 e. The Morgan fingerprint density at radius 3 is 2.76 bits per heavy atom. The van der Waals surface area contributed by atoms with E-state index < -0.39 is 34.3 Å². The fourth-order valence-electron chi connectivity index (χ4n) is 2.03. The van der Waals surface area contributed by atoms with Crippen LogP contribution in [0.15, 0.2) is 0 Å². The minimum absolute atomic E-state index is 0.0378. The highest BCUT2D eigenvalue weighted by atomic mass is 32.2. The quantitative estimate of drug-likeness (QED) is 0.792. The number of nitrogens with zero attached hydrogens (tertiary/aromatic N) is 3. The lowest BCUT2D eigenvalue weighted by Gasteiger charge is -2.34. The molecule has 2 N–H and O–H groups in total. The third-order valence-electron chi connectivity index (χ3n) is 2.94. The second kappa shape index (κ2) is 5.93. The molecule has 1 saturated heterocycles. The number of carbonyl (C=O) groups is 2. The molecule has 1 aromatic heterocycles. The van der Waals surface area contributed by atoms with Gasteiger partial charge in [-0.05, 0) is 6.92 Å². The van der Waals surface area contributed by atoms with Crippen LogP contribution in [0.25, 0.3) is 0 Å². The van der Waals surface area contributed by atoms with Gasteiger partial charge in [-0.1, -0.05) is 11.3 Å². The van der Waals surface area contributed by atoms with Gasteiger partial charge in [-0.15, -0.1) is 10.2 Å². The fraction of sp³-hybridized carbons (Fsp3) is 0.600. The largest absolute Gasteiger partial charge is 0.481 e. The van der Waals surface area contributed by atoms with Crippen LogP contribution in [0, 0.1) is 6.92 Å².